The third-order valence-corrected chi connectivity index (χ3v) is 8.38. The summed E-state index contributed by atoms with van der Waals surface area (Å²) in [5.41, 5.74) is 0. The lowest BCUT2D eigenvalue weighted by molar-refractivity contribution is -0.0923. The number of hydrogen-bond acceptors (Lipinski definition) is 5. The Kier molecular flexibility index (Phi) is 9.12. The smallest absolute Gasteiger partial charge is 0.430 e. The molecule has 0 spiro atoms. The molecule has 0 radical (unpaired) electrons. The quantitative estimate of drug-likeness (QED) is 0.471. The highest BCUT2D eigenvalue weighted by molar-refractivity contribution is 5.75. The van der Waals surface area contributed by atoms with E-state index in [-0.39, 0.29) is 12.2 Å². The first-order chi connectivity index (χ1) is 16.1. The summed E-state index contributed by atoms with van der Waals surface area (Å²) in [4.78, 5) is 26.8. The molecule has 1 heterocycles. The van der Waals surface area contributed by atoms with Crippen molar-refractivity contribution in [3.63, 3.8) is 0 Å². The van der Waals surface area contributed by atoms with Gasteiger partial charge in [-0.2, -0.15) is 10.3 Å². The number of carbonyl (C=O) groups excluding carboxylic acids is 2. The zero-order valence-electron chi connectivity index (χ0n) is 22.0. The Balaban J connectivity index is 1.76. The van der Waals surface area contributed by atoms with Crippen molar-refractivity contribution < 1.29 is 19.1 Å². The van der Waals surface area contributed by atoms with E-state index in [2.05, 4.69) is 47.6 Å². The molecule has 2 amide bonds. The van der Waals surface area contributed by atoms with Crippen molar-refractivity contribution >= 4 is 12.2 Å². The standard InChI is InChI=1S/C27H45N3O4/c1-17(2)22-11-9-19(5)14-24(22)33-26(31)29-13-7-8-21(16-28)30(29)27(32)34-25-15-20(6)10-12-23(25)18(3)4/h17-25H,7-15H2,1-6H3/t19-,20-,21+,22+,23+,24-,25-/m1/s1. The van der Waals surface area contributed by atoms with Crippen LogP contribution >= 0.6 is 0 Å². The maximum absolute atomic E-state index is 13.4. The van der Waals surface area contributed by atoms with Crippen LogP contribution in [0.1, 0.15) is 92.9 Å². The first-order valence-electron chi connectivity index (χ1n) is 13.5. The van der Waals surface area contributed by atoms with Gasteiger partial charge in [-0.1, -0.05) is 54.4 Å². The van der Waals surface area contributed by atoms with Crippen molar-refractivity contribution in [2.24, 2.45) is 35.5 Å². The van der Waals surface area contributed by atoms with Crippen molar-refractivity contribution in [1.29, 1.82) is 5.26 Å². The highest BCUT2D eigenvalue weighted by atomic mass is 16.6. The summed E-state index contributed by atoms with van der Waals surface area (Å²) < 4.78 is 12.1. The molecule has 0 aromatic heterocycles. The van der Waals surface area contributed by atoms with Gasteiger partial charge in [-0.3, -0.25) is 0 Å². The fourth-order valence-electron chi connectivity index (χ4n) is 6.23. The van der Waals surface area contributed by atoms with E-state index >= 15 is 0 Å². The number of hydrazine groups is 1. The molecule has 0 unspecified atom stereocenters. The number of nitrogens with zero attached hydrogens (tertiary/aromatic N) is 3. The van der Waals surface area contributed by atoms with Gasteiger partial charge in [-0.25, -0.2) is 14.6 Å². The Bertz CT molecular complexity index is 749. The predicted octanol–water partition coefficient (Wildman–Crippen LogP) is 6.39. The zero-order valence-corrected chi connectivity index (χ0v) is 22.0. The maximum Gasteiger partial charge on any atom is 0.430 e. The van der Waals surface area contributed by atoms with Gasteiger partial charge in [-0.05, 0) is 74.0 Å². The number of rotatable bonds is 4. The first kappa shape index (κ1) is 26.6. The summed E-state index contributed by atoms with van der Waals surface area (Å²) in [6.45, 7) is 13.4. The van der Waals surface area contributed by atoms with Crippen molar-refractivity contribution in [2.45, 2.75) is 111 Å². The normalized spacial score (nSPS) is 34.6. The molecular formula is C27H45N3O4. The molecule has 7 heteroatoms. The van der Waals surface area contributed by atoms with E-state index in [0.717, 1.165) is 38.5 Å². The summed E-state index contributed by atoms with van der Waals surface area (Å²) in [5.74, 6) is 2.42. The van der Waals surface area contributed by atoms with E-state index in [9.17, 15) is 14.9 Å². The summed E-state index contributed by atoms with van der Waals surface area (Å²) in [6.07, 6.45) is 5.71. The van der Waals surface area contributed by atoms with Crippen LogP contribution in [0.2, 0.25) is 0 Å². The Morgan fingerprint density at radius 1 is 0.824 bits per heavy atom. The van der Waals surface area contributed by atoms with Crippen LogP contribution in [0.3, 0.4) is 0 Å². The summed E-state index contributed by atoms with van der Waals surface area (Å²) >= 11 is 0. The van der Waals surface area contributed by atoms with Crippen LogP contribution in [-0.2, 0) is 9.47 Å². The van der Waals surface area contributed by atoms with E-state index in [1.54, 1.807) is 0 Å². The molecule has 192 valence electrons. The largest absolute Gasteiger partial charge is 0.445 e. The van der Waals surface area contributed by atoms with Crippen LogP contribution in [0.25, 0.3) is 0 Å². The van der Waals surface area contributed by atoms with Crippen LogP contribution in [0.4, 0.5) is 9.59 Å². The maximum atomic E-state index is 13.4. The molecule has 3 fully saturated rings. The molecular weight excluding hydrogens is 430 g/mol. The third-order valence-electron chi connectivity index (χ3n) is 8.38. The first-order valence-corrected chi connectivity index (χ1v) is 13.5. The average Bonchev–Trinajstić information content (AvgIpc) is 2.78. The highest BCUT2D eigenvalue weighted by Gasteiger charge is 2.43. The van der Waals surface area contributed by atoms with Gasteiger partial charge in [0.2, 0.25) is 0 Å². The zero-order chi connectivity index (χ0) is 25.0. The van der Waals surface area contributed by atoms with Crippen molar-refractivity contribution in [3.05, 3.63) is 0 Å². The van der Waals surface area contributed by atoms with Gasteiger partial charge in [0.15, 0.2) is 0 Å². The molecule has 0 bridgehead atoms. The van der Waals surface area contributed by atoms with E-state index in [1.165, 1.54) is 10.0 Å². The molecule has 34 heavy (non-hydrogen) atoms. The topological polar surface area (TPSA) is 82.9 Å². The second-order valence-corrected chi connectivity index (χ2v) is 11.8. The van der Waals surface area contributed by atoms with Gasteiger partial charge in [0, 0.05) is 6.54 Å². The van der Waals surface area contributed by atoms with Crippen molar-refractivity contribution in [2.75, 3.05) is 6.54 Å². The van der Waals surface area contributed by atoms with Gasteiger partial charge in [0.05, 0.1) is 6.07 Å². The molecule has 0 aromatic rings. The number of nitriles is 1. The van der Waals surface area contributed by atoms with Gasteiger partial charge in [-0.15, -0.1) is 0 Å². The minimum Gasteiger partial charge on any atom is -0.445 e. The number of amides is 2. The number of hydrogen-bond donors (Lipinski definition) is 0. The van der Waals surface area contributed by atoms with E-state index in [1.807, 2.05) is 0 Å². The predicted molar refractivity (Wildman–Crippen MR) is 130 cm³/mol. The van der Waals surface area contributed by atoms with Crippen molar-refractivity contribution in [3.8, 4) is 6.07 Å². The minimum absolute atomic E-state index is 0.166. The fourth-order valence-corrected chi connectivity index (χ4v) is 6.23. The monoisotopic (exact) mass is 475 g/mol. The molecule has 3 aliphatic rings. The van der Waals surface area contributed by atoms with Crippen LogP contribution in [0.5, 0.6) is 0 Å². The lowest BCUT2D eigenvalue weighted by atomic mass is 9.75. The third kappa shape index (κ3) is 6.17. The summed E-state index contributed by atoms with van der Waals surface area (Å²) in [7, 11) is 0. The minimum atomic E-state index is -0.724. The van der Waals surface area contributed by atoms with Crippen molar-refractivity contribution in [1.82, 2.24) is 10.0 Å². The molecule has 1 saturated heterocycles. The fraction of sp³-hybridized carbons (Fsp3) is 0.889. The van der Waals surface area contributed by atoms with Gasteiger partial charge >= 0.3 is 12.2 Å². The SMILES string of the molecule is CC(C)[C@@H]1CC[C@@H](C)C[C@H]1OC(=O)N1CCC[C@@H](C#N)N1C(=O)O[C@@H]1C[C@H](C)CC[C@H]1C(C)C. The Morgan fingerprint density at radius 3 is 1.79 bits per heavy atom. The molecule has 2 aliphatic carbocycles. The Hall–Kier alpha value is -1.97. The van der Waals surface area contributed by atoms with Crippen LogP contribution in [0.15, 0.2) is 0 Å². The van der Waals surface area contributed by atoms with Gasteiger partial charge in [0.25, 0.3) is 0 Å². The lowest BCUT2D eigenvalue weighted by Crippen LogP contribution is -2.59. The van der Waals surface area contributed by atoms with E-state index < -0.39 is 18.2 Å². The van der Waals surface area contributed by atoms with Crippen LogP contribution in [-0.4, -0.2) is 47.0 Å². The Labute approximate surface area is 206 Å². The second kappa shape index (κ2) is 11.6. The van der Waals surface area contributed by atoms with Crippen LogP contribution < -0.4 is 0 Å². The number of ether oxygens (including phenoxy) is 2. The van der Waals surface area contributed by atoms with E-state index in [0.29, 0.717) is 54.9 Å². The molecule has 3 rings (SSSR count). The van der Waals surface area contributed by atoms with Crippen LogP contribution in [0, 0.1) is 46.8 Å². The average molecular weight is 476 g/mol. The van der Waals surface area contributed by atoms with Gasteiger partial charge < -0.3 is 9.47 Å². The highest BCUT2D eigenvalue weighted by Crippen LogP contribution is 2.37. The molecule has 1 aliphatic heterocycles. The molecule has 7 atom stereocenters. The van der Waals surface area contributed by atoms with Gasteiger partial charge in [0.1, 0.15) is 18.2 Å². The summed E-state index contributed by atoms with van der Waals surface area (Å²) in [5, 5.41) is 12.4. The second-order valence-electron chi connectivity index (χ2n) is 11.8. The Morgan fingerprint density at radius 2 is 1.32 bits per heavy atom. The summed E-state index contributed by atoms with van der Waals surface area (Å²) in [6, 6.07) is 1.49. The molecule has 2 saturated carbocycles. The number of carbonyl (C=O) groups is 2. The molecule has 7 nitrogen and oxygen atoms in total. The van der Waals surface area contributed by atoms with E-state index in [4.69, 9.17) is 9.47 Å². The molecule has 0 aromatic carbocycles. The lowest BCUT2D eigenvalue weighted by Gasteiger charge is -2.43. The molecule has 0 N–H and O–H groups in total.